The average molecular weight is 268 g/mol. The molecule has 3 heterocycles. The van der Waals surface area contributed by atoms with Crippen molar-refractivity contribution >= 4 is 32.8 Å². The number of aromatic nitrogens is 4. The third kappa shape index (κ3) is 1.40. The van der Waals surface area contributed by atoms with E-state index < -0.39 is 0 Å². The van der Waals surface area contributed by atoms with Gasteiger partial charge in [-0.3, -0.25) is 5.10 Å². The molecule has 1 aliphatic heterocycles. The molecular formula is C9H10BrN5. The molecule has 3 rings (SSSR count). The summed E-state index contributed by atoms with van der Waals surface area (Å²) >= 11 is 3.44. The van der Waals surface area contributed by atoms with Crippen LogP contribution in [0.5, 0.6) is 0 Å². The molecular weight excluding hydrogens is 258 g/mol. The molecule has 78 valence electrons. The number of hydrogen-bond acceptors (Lipinski definition) is 4. The molecule has 0 aromatic carbocycles. The molecule has 6 heteroatoms. The lowest BCUT2D eigenvalue weighted by Crippen LogP contribution is -2.19. The number of H-pyrrole nitrogens is 1. The second kappa shape index (κ2) is 3.44. The van der Waals surface area contributed by atoms with Gasteiger partial charge in [0.05, 0.1) is 5.39 Å². The van der Waals surface area contributed by atoms with E-state index in [0.29, 0.717) is 0 Å². The Bertz CT molecular complexity index is 488. The third-order valence-electron chi connectivity index (χ3n) is 2.69. The first-order valence-electron chi connectivity index (χ1n) is 4.96. The lowest BCUT2D eigenvalue weighted by atomic mass is 10.3. The number of nitrogens with zero attached hydrogens (tertiary/aromatic N) is 4. The third-order valence-corrected chi connectivity index (χ3v) is 3.27. The Morgan fingerprint density at radius 3 is 2.87 bits per heavy atom. The van der Waals surface area contributed by atoms with Gasteiger partial charge in [0.15, 0.2) is 5.65 Å². The molecule has 0 bridgehead atoms. The summed E-state index contributed by atoms with van der Waals surface area (Å²) < 4.78 is 0.861. The first kappa shape index (κ1) is 9.08. The highest BCUT2D eigenvalue weighted by Gasteiger charge is 2.19. The second-order valence-corrected chi connectivity index (χ2v) is 4.42. The summed E-state index contributed by atoms with van der Waals surface area (Å²) in [6.45, 7) is 2.15. The molecule has 0 atom stereocenters. The Labute approximate surface area is 95.0 Å². The number of nitrogens with one attached hydrogen (secondary N) is 1. The van der Waals surface area contributed by atoms with Gasteiger partial charge in [0.25, 0.3) is 0 Å². The van der Waals surface area contributed by atoms with Gasteiger partial charge in [-0.2, -0.15) is 5.10 Å². The SMILES string of the molecule is Brc1[nH]nc2ncnc(N3CCCC3)c12. The number of hydrogen-bond donors (Lipinski definition) is 1. The smallest absolute Gasteiger partial charge is 0.187 e. The van der Waals surface area contributed by atoms with Crippen molar-refractivity contribution in [3.05, 3.63) is 10.9 Å². The van der Waals surface area contributed by atoms with Gasteiger partial charge in [0.2, 0.25) is 0 Å². The topological polar surface area (TPSA) is 57.7 Å². The maximum Gasteiger partial charge on any atom is 0.187 e. The number of anilines is 1. The van der Waals surface area contributed by atoms with Crippen molar-refractivity contribution in [3.63, 3.8) is 0 Å². The quantitative estimate of drug-likeness (QED) is 0.855. The first-order chi connectivity index (χ1) is 7.36. The summed E-state index contributed by atoms with van der Waals surface area (Å²) in [6, 6.07) is 0. The number of aromatic amines is 1. The van der Waals surface area contributed by atoms with Crippen LogP contribution in [0.25, 0.3) is 11.0 Å². The molecule has 2 aromatic heterocycles. The fourth-order valence-electron chi connectivity index (χ4n) is 1.98. The second-order valence-electron chi connectivity index (χ2n) is 3.63. The Hall–Kier alpha value is -1.17. The van der Waals surface area contributed by atoms with Gasteiger partial charge in [0.1, 0.15) is 16.7 Å². The minimum Gasteiger partial charge on any atom is -0.356 e. The van der Waals surface area contributed by atoms with Crippen molar-refractivity contribution in [1.29, 1.82) is 0 Å². The molecule has 1 N–H and O–H groups in total. The zero-order valence-electron chi connectivity index (χ0n) is 8.07. The molecule has 0 saturated carbocycles. The summed E-state index contributed by atoms with van der Waals surface area (Å²) in [7, 11) is 0. The summed E-state index contributed by atoms with van der Waals surface area (Å²) in [5, 5.41) is 7.96. The van der Waals surface area contributed by atoms with E-state index in [9.17, 15) is 0 Å². The van der Waals surface area contributed by atoms with Crippen LogP contribution in [0.3, 0.4) is 0 Å². The van der Waals surface area contributed by atoms with Gasteiger partial charge in [0, 0.05) is 13.1 Å². The predicted octanol–water partition coefficient (Wildman–Crippen LogP) is 1.72. The van der Waals surface area contributed by atoms with E-state index in [1.54, 1.807) is 6.33 Å². The van der Waals surface area contributed by atoms with E-state index in [2.05, 4.69) is 41.0 Å². The van der Waals surface area contributed by atoms with E-state index in [4.69, 9.17) is 0 Å². The molecule has 0 unspecified atom stereocenters. The van der Waals surface area contributed by atoms with Crippen molar-refractivity contribution in [1.82, 2.24) is 20.2 Å². The predicted molar refractivity (Wildman–Crippen MR) is 60.8 cm³/mol. The molecule has 1 saturated heterocycles. The zero-order valence-corrected chi connectivity index (χ0v) is 9.66. The van der Waals surface area contributed by atoms with E-state index in [0.717, 1.165) is 34.5 Å². The van der Waals surface area contributed by atoms with Gasteiger partial charge in [-0.1, -0.05) is 0 Å². The van der Waals surface area contributed by atoms with Crippen LogP contribution < -0.4 is 4.90 Å². The normalized spacial score (nSPS) is 16.5. The Morgan fingerprint density at radius 1 is 1.27 bits per heavy atom. The van der Waals surface area contributed by atoms with Gasteiger partial charge in [-0.15, -0.1) is 0 Å². The van der Waals surface area contributed by atoms with Crippen LogP contribution in [-0.4, -0.2) is 33.3 Å². The van der Waals surface area contributed by atoms with Gasteiger partial charge in [-0.05, 0) is 28.8 Å². The van der Waals surface area contributed by atoms with E-state index in [1.165, 1.54) is 12.8 Å². The van der Waals surface area contributed by atoms with E-state index in [-0.39, 0.29) is 0 Å². The van der Waals surface area contributed by atoms with Gasteiger partial charge in [-0.25, -0.2) is 9.97 Å². The van der Waals surface area contributed by atoms with Crippen LogP contribution in [0.15, 0.2) is 10.9 Å². The Morgan fingerprint density at radius 2 is 2.07 bits per heavy atom. The van der Waals surface area contributed by atoms with Crippen molar-refractivity contribution in [2.45, 2.75) is 12.8 Å². The van der Waals surface area contributed by atoms with E-state index >= 15 is 0 Å². The Kier molecular flexibility index (Phi) is 2.09. The van der Waals surface area contributed by atoms with Crippen LogP contribution in [0.2, 0.25) is 0 Å². The fraction of sp³-hybridized carbons (Fsp3) is 0.444. The van der Waals surface area contributed by atoms with Crippen LogP contribution in [0, 0.1) is 0 Å². The van der Waals surface area contributed by atoms with Crippen LogP contribution in [0.4, 0.5) is 5.82 Å². The number of halogens is 1. The molecule has 1 fully saturated rings. The lowest BCUT2D eigenvalue weighted by molar-refractivity contribution is 0.939. The minimum absolute atomic E-state index is 0.721. The Balaban J connectivity index is 2.19. The summed E-state index contributed by atoms with van der Waals surface area (Å²) in [5.41, 5.74) is 0.721. The molecule has 0 spiro atoms. The van der Waals surface area contributed by atoms with Crippen LogP contribution in [0.1, 0.15) is 12.8 Å². The van der Waals surface area contributed by atoms with Crippen molar-refractivity contribution in [2.75, 3.05) is 18.0 Å². The van der Waals surface area contributed by atoms with Crippen molar-refractivity contribution in [3.8, 4) is 0 Å². The number of fused-ring (bicyclic) bond motifs is 1. The highest BCUT2D eigenvalue weighted by atomic mass is 79.9. The monoisotopic (exact) mass is 267 g/mol. The molecule has 2 aromatic rings. The summed E-state index contributed by atoms with van der Waals surface area (Å²) in [5.74, 6) is 0.984. The summed E-state index contributed by atoms with van der Waals surface area (Å²) in [6.07, 6.45) is 4.05. The number of rotatable bonds is 1. The maximum atomic E-state index is 4.35. The van der Waals surface area contributed by atoms with Gasteiger partial charge >= 0.3 is 0 Å². The molecule has 15 heavy (non-hydrogen) atoms. The first-order valence-corrected chi connectivity index (χ1v) is 5.75. The fourth-order valence-corrected chi connectivity index (χ4v) is 2.42. The van der Waals surface area contributed by atoms with Gasteiger partial charge < -0.3 is 4.90 Å². The molecule has 0 radical (unpaired) electrons. The largest absolute Gasteiger partial charge is 0.356 e. The highest BCUT2D eigenvalue weighted by Crippen LogP contribution is 2.29. The van der Waals surface area contributed by atoms with E-state index in [1.807, 2.05) is 0 Å². The van der Waals surface area contributed by atoms with Crippen molar-refractivity contribution in [2.24, 2.45) is 0 Å². The van der Waals surface area contributed by atoms with Crippen LogP contribution >= 0.6 is 15.9 Å². The zero-order chi connectivity index (χ0) is 10.3. The maximum absolute atomic E-state index is 4.35. The van der Waals surface area contributed by atoms with Crippen molar-refractivity contribution < 1.29 is 0 Å². The average Bonchev–Trinajstić information content (AvgIpc) is 2.88. The minimum atomic E-state index is 0.721. The highest BCUT2D eigenvalue weighted by molar-refractivity contribution is 9.10. The van der Waals surface area contributed by atoms with Crippen LogP contribution in [-0.2, 0) is 0 Å². The standard InChI is InChI=1S/C9H10BrN5/c10-7-6-8(14-13-7)11-5-12-9(6)15-3-1-2-4-15/h5H,1-4H2,(H,11,12,13,14). The molecule has 0 amide bonds. The molecule has 1 aliphatic rings. The summed E-state index contributed by atoms with van der Waals surface area (Å²) in [4.78, 5) is 10.8. The molecule has 5 nitrogen and oxygen atoms in total. The molecule has 0 aliphatic carbocycles. The lowest BCUT2D eigenvalue weighted by Gasteiger charge is -2.16.